The first kappa shape index (κ1) is 11.7. The third kappa shape index (κ3) is 2.39. The van der Waals surface area contributed by atoms with E-state index < -0.39 is 9.84 Å². The second-order valence-electron chi connectivity index (χ2n) is 4.66. The minimum absolute atomic E-state index is 0.269. The Morgan fingerprint density at radius 1 is 1.44 bits per heavy atom. The zero-order valence-corrected chi connectivity index (χ0v) is 10.8. The van der Waals surface area contributed by atoms with E-state index in [9.17, 15) is 8.42 Å². The van der Waals surface area contributed by atoms with E-state index in [0.29, 0.717) is 29.6 Å². The summed E-state index contributed by atoms with van der Waals surface area (Å²) < 4.78 is 28.4. The summed E-state index contributed by atoms with van der Waals surface area (Å²) in [6.45, 7) is 0.591. The summed E-state index contributed by atoms with van der Waals surface area (Å²) in [4.78, 5) is 4.56. The number of rotatable bonds is 4. The van der Waals surface area contributed by atoms with Crippen LogP contribution in [0.3, 0.4) is 0 Å². The van der Waals surface area contributed by atoms with Gasteiger partial charge in [-0.15, -0.1) is 0 Å². The first-order chi connectivity index (χ1) is 8.52. The molecule has 3 rings (SSSR count). The van der Waals surface area contributed by atoms with Crippen molar-refractivity contribution in [1.82, 2.24) is 10.3 Å². The standard InChI is InChI=1S/C12H14N2O3S/c1-18(15,16)9-4-5-11-10(6-9)14-12(17-11)7-13-8-2-3-8/h4-6,8,13H,2-3,7H2,1H3. The predicted molar refractivity (Wildman–Crippen MR) is 67.0 cm³/mol. The van der Waals surface area contributed by atoms with Crippen LogP contribution < -0.4 is 5.32 Å². The summed E-state index contributed by atoms with van der Waals surface area (Å²) in [6.07, 6.45) is 3.60. The number of nitrogens with zero attached hydrogens (tertiary/aromatic N) is 1. The van der Waals surface area contributed by atoms with Gasteiger partial charge in [0.15, 0.2) is 15.4 Å². The third-order valence-corrected chi connectivity index (χ3v) is 4.06. The number of nitrogens with one attached hydrogen (secondary N) is 1. The average molecular weight is 266 g/mol. The molecule has 0 saturated heterocycles. The largest absolute Gasteiger partial charge is 0.439 e. The van der Waals surface area contributed by atoms with Gasteiger partial charge in [-0.2, -0.15) is 0 Å². The van der Waals surface area contributed by atoms with E-state index in [2.05, 4.69) is 10.3 Å². The van der Waals surface area contributed by atoms with E-state index in [0.717, 1.165) is 0 Å². The molecule has 18 heavy (non-hydrogen) atoms. The van der Waals surface area contributed by atoms with Gasteiger partial charge >= 0.3 is 0 Å². The first-order valence-electron chi connectivity index (χ1n) is 5.85. The van der Waals surface area contributed by atoms with Crippen molar-refractivity contribution < 1.29 is 12.8 Å². The molecule has 1 N–H and O–H groups in total. The number of aromatic nitrogens is 1. The van der Waals surface area contributed by atoms with Gasteiger partial charge in [0.2, 0.25) is 5.89 Å². The fourth-order valence-electron chi connectivity index (χ4n) is 1.78. The maximum absolute atomic E-state index is 11.4. The lowest BCUT2D eigenvalue weighted by Crippen LogP contribution is -2.15. The van der Waals surface area contributed by atoms with Gasteiger partial charge in [-0.25, -0.2) is 13.4 Å². The van der Waals surface area contributed by atoms with Crippen molar-refractivity contribution in [2.75, 3.05) is 6.26 Å². The van der Waals surface area contributed by atoms with Gasteiger partial charge in [0.1, 0.15) is 5.52 Å². The predicted octanol–water partition coefficient (Wildman–Crippen LogP) is 1.48. The van der Waals surface area contributed by atoms with Crippen LogP contribution in [0.1, 0.15) is 18.7 Å². The molecule has 1 fully saturated rings. The van der Waals surface area contributed by atoms with Gasteiger partial charge in [-0.05, 0) is 31.0 Å². The van der Waals surface area contributed by atoms with E-state index in [1.807, 2.05) is 0 Å². The summed E-state index contributed by atoms with van der Waals surface area (Å²) >= 11 is 0. The molecule has 1 aromatic carbocycles. The lowest BCUT2D eigenvalue weighted by Gasteiger charge is -1.95. The van der Waals surface area contributed by atoms with Gasteiger partial charge in [-0.1, -0.05) is 0 Å². The van der Waals surface area contributed by atoms with E-state index >= 15 is 0 Å². The Bertz CT molecular complexity index is 686. The molecule has 0 spiro atoms. The van der Waals surface area contributed by atoms with Crippen molar-refractivity contribution in [3.05, 3.63) is 24.1 Å². The maximum atomic E-state index is 11.4. The monoisotopic (exact) mass is 266 g/mol. The van der Waals surface area contributed by atoms with Gasteiger partial charge < -0.3 is 9.73 Å². The number of oxazole rings is 1. The van der Waals surface area contributed by atoms with Crippen molar-refractivity contribution in [1.29, 1.82) is 0 Å². The summed E-state index contributed by atoms with van der Waals surface area (Å²) in [6, 6.07) is 5.33. The van der Waals surface area contributed by atoms with Crippen molar-refractivity contribution in [3.8, 4) is 0 Å². The molecule has 6 heteroatoms. The van der Waals surface area contributed by atoms with Crippen LogP contribution in [0.4, 0.5) is 0 Å². The Labute approximate surface area is 105 Å². The van der Waals surface area contributed by atoms with Crippen LogP contribution in [0.25, 0.3) is 11.1 Å². The molecular formula is C12H14N2O3S. The smallest absolute Gasteiger partial charge is 0.209 e. The molecule has 1 aromatic heterocycles. The molecule has 0 amide bonds. The molecule has 96 valence electrons. The molecule has 1 saturated carbocycles. The van der Waals surface area contributed by atoms with Crippen LogP contribution in [0.2, 0.25) is 0 Å². The minimum Gasteiger partial charge on any atom is -0.439 e. The molecule has 0 aliphatic heterocycles. The molecule has 0 bridgehead atoms. The average Bonchev–Trinajstić information content (AvgIpc) is 3.03. The molecule has 5 nitrogen and oxygen atoms in total. The van der Waals surface area contributed by atoms with E-state index in [-0.39, 0.29) is 4.90 Å². The topological polar surface area (TPSA) is 72.2 Å². The highest BCUT2D eigenvalue weighted by molar-refractivity contribution is 7.90. The second kappa shape index (κ2) is 4.07. The Balaban J connectivity index is 1.90. The molecule has 1 aliphatic rings. The molecule has 1 heterocycles. The Morgan fingerprint density at radius 3 is 2.89 bits per heavy atom. The van der Waals surface area contributed by atoms with Crippen LogP contribution in [-0.4, -0.2) is 25.7 Å². The number of hydrogen-bond acceptors (Lipinski definition) is 5. The molecule has 1 aliphatic carbocycles. The quantitative estimate of drug-likeness (QED) is 0.907. The van der Waals surface area contributed by atoms with E-state index in [1.165, 1.54) is 19.1 Å². The number of hydrogen-bond donors (Lipinski definition) is 1. The summed E-state index contributed by atoms with van der Waals surface area (Å²) in [7, 11) is -3.20. The molecule has 2 aromatic rings. The molecular weight excluding hydrogens is 252 g/mol. The van der Waals surface area contributed by atoms with E-state index in [4.69, 9.17) is 4.42 Å². The van der Waals surface area contributed by atoms with Gasteiger partial charge in [0, 0.05) is 12.3 Å². The zero-order chi connectivity index (χ0) is 12.8. The van der Waals surface area contributed by atoms with Crippen LogP contribution in [-0.2, 0) is 16.4 Å². The van der Waals surface area contributed by atoms with Crippen LogP contribution in [0, 0.1) is 0 Å². The number of sulfone groups is 1. The Kier molecular flexibility index (Phi) is 2.64. The van der Waals surface area contributed by atoms with Gasteiger partial charge in [-0.3, -0.25) is 0 Å². The maximum Gasteiger partial charge on any atom is 0.209 e. The number of benzene rings is 1. The van der Waals surface area contributed by atoms with Crippen LogP contribution in [0.15, 0.2) is 27.5 Å². The number of fused-ring (bicyclic) bond motifs is 1. The lowest BCUT2D eigenvalue weighted by molar-refractivity contribution is 0.494. The fraction of sp³-hybridized carbons (Fsp3) is 0.417. The lowest BCUT2D eigenvalue weighted by atomic mass is 10.3. The summed E-state index contributed by atoms with van der Waals surface area (Å²) in [5.74, 6) is 0.600. The molecule has 0 unspecified atom stereocenters. The van der Waals surface area contributed by atoms with Crippen LogP contribution in [0.5, 0.6) is 0 Å². The highest BCUT2D eigenvalue weighted by Crippen LogP contribution is 2.22. The highest BCUT2D eigenvalue weighted by atomic mass is 32.2. The zero-order valence-electron chi connectivity index (χ0n) is 10.0. The van der Waals surface area contributed by atoms with Crippen molar-refractivity contribution in [2.45, 2.75) is 30.3 Å². The highest BCUT2D eigenvalue weighted by Gasteiger charge is 2.21. The first-order valence-corrected chi connectivity index (χ1v) is 7.74. The third-order valence-electron chi connectivity index (χ3n) is 2.95. The summed E-state index contributed by atoms with van der Waals surface area (Å²) in [5.41, 5.74) is 1.21. The normalized spacial score (nSPS) is 16.3. The molecule has 0 radical (unpaired) electrons. The summed E-state index contributed by atoms with van der Waals surface area (Å²) in [5, 5.41) is 3.30. The van der Waals surface area contributed by atoms with E-state index in [1.54, 1.807) is 18.2 Å². The van der Waals surface area contributed by atoms with Crippen molar-refractivity contribution in [2.24, 2.45) is 0 Å². The second-order valence-corrected chi connectivity index (χ2v) is 6.68. The van der Waals surface area contributed by atoms with Gasteiger partial charge in [0.25, 0.3) is 0 Å². The van der Waals surface area contributed by atoms with Crippen molar-refractivity contribution in [3.63, 3.8) is 0 Å². The van der Waals surface area contributed by atoms with Crippen LogP contribution >= 0.6 is 0 Å². The molecule has 0 atom stereocenters. The Hall–Kier alpha value is -1.40. The Morgan fingerprint density at radius 2 is 2.22 bits per heavy atom. The minimum atomic E-state index is -3.20. The van der Waals surface area contributed by atoms with Gasteiger partial charge in [0.05, 0.1) is 11.4 Å². The SMILES string of the molecule is CS(=O)(=O)c1ccc2oc(CNC3CC3)nc2c1. The van der Waals surface area contributed by atoms with Crippen molar-refractivity contribution >= 4 is 20.9 Å². The fourth-order valence-corrected chi connectivity index (χ4v) is 2.42.